The Morgan fingerprint density at radius 2 is 1.46 bits per heavy atom. The van der Waals surface area contributed by atoms with E-state index in [1.165, 1.54) is 18.2 Å². The summed E-state index contributed by atoms with van der Waals surface area (Å²) in [6.07, 6.45) is 0. The first-order chi connectivity index (χ1) is 22.8. The van der Waals surface area contributed by atoms with Crippen LogP contribution >= 0.6 is 11.6 Å². The molecule has 0 saturated carbocycles. The summed E-state index contributed by atoms with van der Waals surface area (Å²) in [5.41, 5.74) is 2.80. The van der Waals surface area contributed by atoms with Crippen molar-refractivity contribution >= 4 is 72.3 Å². The maximum Gasteiger partial charge on any atom is 0.296 e. The number of nitrogens with one attached hydrogen (secondary N) is 2. The molecule has 0 bridgehead atoms. The van der Waals surface area contributed by atoms with Gasteiger partial charge >= 0.3 is 0 Å². The molecule has 0 aliphatic heterocycles. The molecular formula is C29H24ClN9O7S2. The highest BCUT2D eigenvalue weighted by Gasteiger charge is 2.20. The number of azo groups is 1. The molecule has 5 aromatic rings. The number of aromatic nitrogens is 3. The number of benzene rings is 4. The highest BCUT2D eigenvalue weighted by molar-refractivity contribution is 7.86. The minimum Gasteiger partial charge on any atom is -0.504 e. The van der Waals surface area contributed by atoms with E-state index in [4.69, 9.17) is 11.6 Å². The molecule has 5 N–H and O–H groups in total. The third-order valence-electron chi connectivity index (χ3n) is 6.38. The van der Waals surface area contributed by atoms with E-state index in [1.807, 2.05) is 18.2 Å². The van der Waals surface area contributed by atoms with Crippen molar-refractivity contribution in [2.45, 2.75) is 9.79 Å². The van der Waals surface area contributed by atoms with Crippen LogP contribution in [-0.2, 0) is 20.2 Å². The van der Waals surface area contributed by atoms with Gasteiger partial charge in [0.05, 0.1) is 16.3 Å². The second kappa shape index (κ2) is 14.1. The predicted octanol–water partition coefficient (Wildman–Crippen LogP) is 5.79. The van der Waals surface area contributed by atoms with Gasteiger partial charge in [-0.3, -0.25) is 14.5 Å². The molecule has 0 atom stereocenters. The van der Waals surface area contributed by atoms with Gasteiger partial charge in [-0.25, -0.2) is 0 Å². The van der Waals surface area contributed by atoms with Crippen molar-refractivity contribution in [3.8, 4) is 5.75 Å². The number of hydrogen-bond acceptors (Lipinski definition) is 13. The van der Waals surface area contributed by atoms with Crippen molar-refractivity contribution in [2.75, 3.05) is 22.7 Å². The Morgan fingerprint density at radius 1 is 0.812 bits per heavy atom. The number of anilines is 5. The van der Waals surface area contributed by atoms with Gasteiger partial charge in [0, 0.05) is 18.3 Å². The van der Waals surface area contributed by atoms with Gasteiger partial charge in [-0.2, -0.15) is 36.9 Å². The van der Waals surface area contributed by atoms with Crippen molar-refractivity contribution in [1.82, 2.24) is 15.0 Å². The van der Waals surface area contributed by atoms with Crippen LogP contribution in [0.3, 0.4) is 0 Å². The minimum absolute atomic E-state index is 0.0837. The minimum atomic E-state index is -4.84. The number of nitrogens with zero attached hydrogens (tertiary/aromatic N) is 7. The molecule has 0 spiro atoms. The number of phenolic OH excluding ortho intramolecular Hbond substituents is 1. The van der Waals surface area contributed by atoms with Crippen LogP contribution in [0.5, 0.6) is 5.75 Å². The molecule has 0 fully saturated rings. The number of aromatic hydroxyl groups is 1. The lowest BCUT2D eigenvalue weighted by Gasteiger charge is -2.18. The van der Waals surface area contributed by atoms with Crippen LogP contribution in [0.15, 0.2) is 122 Å². The number of rotatable bonds is 10. The molecule has 0 amide bonds. The van der Waals surface area contributed by atoms with E-state index >= 15 is 0 Å². The van der Waals surface area contributed by atoms with Gasteiger partial charge in [-0.15, -0.1) is 10.2 Å². The van der Waals surface area contributed by atoms with E-state index in [2.05, 4.69) is 41.0 Å². The Kier molecular flexibility index (Phi) is 9.92. The third-order valence-corrected chi connectivity index (χ3v) is 8.29. The number of amidine groups is 1. The van der Waals surface area contributed by atoms with Crippen LogP contribution in [0.4, 0.5) is 34.6 Å². The molecule has 48 heavy (non-hydrogen) atoms. The first-order valence-electron chi connectivity index (χ1n) is 13.5. The van der Waals surface area contributed by atoms with E-state index in [9.17, 15) is 31.0 Å². The zero-order valence-corrected chi connectivity index (χ0v) is 26.9. The van der Waals surface area contributed by atoms with Crippen molar-refractivity contribution < 1.29 is 31.0 Å². The number of hydrogen-bond donors (Lipinski definition) is 5. The van der Waals surface area contributed by atoms with Gasteiger partial charge in [0.2, 0.25) is 23.0 Å². The topological polar surface area (TPSA) is 232 Å². The van der Waals surface area contributed by atoms with Crippen molar-refractivity contribution in [1.29, 1.82) is 0 Å². The zero-order chi connectivity index (χ0) is 34.5. The first kappa shape index (κ1) is 33.8. The maximum absolute atomic E-state index is 12.2. The van der Waals surface area contributed by atoms with Crippen LogP contribution in [0.25, 0.3) is 0 Å². The number of para-hydroxylation sites is 2. The van der Waals surface area contributed by atoms with Crippen LogP contribution in [0, 0.1) is 0 Å². The standard InChI is InChI=1S/C29H24ClN9O7S2/c1-39(19-12-6-3-7-13-19)29-33-27(30)32-28(34-29)31-22-16-20(47(41,42)43)17-23(25(22)40)36-38-26(18-10-4-2-5-11-18)37-35-21-14-8-9-15-24(21)48(44,45)46/h2-17,35,40H,1H3,(H,41,42,43)(H,44,45,46)(H,31,32,33,34)/b37-26-,38-36?. The van der Waals surface area contributed by atoms with Crippen LogP contribution < -0.4 is 15.6 Å². The van der Waals surface area contributed by atoms with Gasteiger partial charge in [-0.05, 0) is 48.0 Å². The van der Waals surface area contributed by atoms with Gasteiger partial charge in [0.25, 0.3) is 20.2 Å². The van der Waals surface area contributed by atoms with E-state index in [0.717, 1.165) is 23.9 Å². The molecule has 246 valence electrons. The van der Waals surface area contributed by atoms with Gasteiger partial charge in [0.15, 0.2) is 5.75 Å². The van der Waals surface area contributed by atoms with E-state index < -0.39 is 41.5 Å². The summed E-state index contributed by atoms with van der Waals surface area (Å²) in [7, 11) is -7.77. The Bertz CT molecular complexity index is 2240. The van der Waals surface area contributed by atoms with E-state index in [1.54, 1.807) is 54.4 Å². The fourth-order valence-electron chi connectivity index (χ4n) is 4.08. The molecule has 0 unspecified atom stereocenters. The molecule has 16 nitrogen and oxygen atoms in total. The molecule has 1 aromatic heterocycles. The summed E-state index contributed by atoms with van der Waals surface area (Å²) in [5, 5.41) is 25.7. The molecule has 0 aliphatic carbocycles. The molecule has 1 heterocycles. The SMILES string of the molecule is CN(c1ccccc1)c1nc(Cl)nc(Nc2cc(S(=O)(=O)O)cc(N=N/C(=N\Nc3ccccc3S(=O)(=O)O)c3ccccc3)c2O)n1. The second-order valence-electron chi connectivity index (χ2n) is 9.65. The average molecular weight is 710 g/mol. The Balaban J connectivity index is 1.54. The summed E-state index contributed by atoms with van der Waals surface area (Å²) >= 11 is 6.15. The molecule has 0 aliphatic rings. The maximum atomic E-state index is 12.2. The van der Waals surface area contributed by atoms with Crippen molar-refractivity contribution in [2.24, 2.45) is 15.3 Å². The molecule has 4 aromatic carbocycles. The van der Waals surface area contributed by atoms with Crippen LogP contribution in [0.2, 0.25) is 5.28 Å². The second-order valence-corrected chi connectivity index (χ2v) is 12.8. The molecule has 0 saturated heterocycles. The fraction of sp³-hybridized carbons (Fsp3) is 0.0345. The Labute approximate surface area is 279 Å². The molecule has 5 rings (SSSR count). The molecule has 19 heteroatoms. The quantitative estimate of drug-likeness (QED) is 0.0289. The molecular weight excluding hydrogens is 686 g/mol. The summed E-state index contributed by atoms with van der Waals surface area (Å²) in [4.78, 5) is 12.9. The normalized spacial score (nSPS) is 12.2. The predicted molar refractivity (Wildman–Crippen MR) is 178 cm³/mol. The summed E-state index contributed by atoms with van der Waals surface area (Å²) in [6, 6.07) is 24.5. The first-order valence-corrected chi connectivity index (χ1v) is 16.7. The zero-order valence-electron chi connectivity index (χ0n) is 24.5. The number of halogens is 1. The lowest BCUT2D eigenvalue weighted by Crippen LogP contribution is -2.14. The average Bonchev–Trinajstić information content (AvgIpc) is 3.05. The Hall–Kier alpha value is -5.53. The third kappa shape index (κ3) is 8.24. The summed E-state index contributed by atoms with van der Waals surface area (Å²) < 4.78 is 67.5. The lowest BCUT2D eigenvalue weighted by molar-refractivity contribution is 0.475. The monoisotopic (exact) mass is 709 g/mol. The molecule has 0 radical (unpaired) electrons. The highest BCUT2D eigenvalue weighted by atomic mass is 35.5. The van der Waals surface area contributed by atoms with E-state index in [0.29, 0.717) is 5.56 Å². The lowest BCUT2D eigenvalue weighted by atomic mass is 10.2. The number of phenols is 1. The van der Waals surface area contributed by atoms with Crippen molar-refractivity contribution in [3.05, 3.63) is 108 Å². The highest BCUT2D eigenvalue weighted by Crippen LogP contribution is 2.39. The van der Waals surface area contributed by atoms with Gasteiger partial charge < -0.3 is 15.3 Å². The van der Waals surface area contributed by atoms with Gasteiger partial charge in [0.1, 0.15) is 10.6 Å². The largest absolute Gasteiger partial charge is 0.504 e. The van der Waals surface area contributed by atoms with Gasteiger partial charge in [-0.1, -0.05) is 60.7 Å². The van der Waals surface area contributed by atoms with E-state index in [-0.39, 0.29) is 34.4 Å². The van der Waals surface area contributed by atoms with Crippen LogP contribution in [0.1, 0.15) is 5.56 Å². The smallest absolute Gasteiger partial charge is 0.296 e. The fourth-order valence-corrected chi connectivity index (χ4v) is 5.40. The van der Waals surface area contributed by atoms with Crippen molar-refractivity contribution in [3.63, 3.8) is 0 Å². The van der Waals surface area contributed by atoms with Crippen LogP contribution in [-0.4, -0.2) is 58.9 Å². The Morgan fingerprint density at radius 3 is 2.12 bits per heavy atom. The number of hydrazone groups is 1. The summed E-state index contributed by atoms with van der Waals surface area (Å²) in [6.45, 7) is 0. The summed E-state index contributed by atoms with van der Waals surface area (Å²) in [5.74, 6) is -0.852.